The molecular formula is C12H16O6. The lowest BCUT2D eigenvalue weighted by molar-refractivity contribution is -0.288. The van der Waals surface area contributed by atoms with Crippen molar-refractivity contribution in [3.8, 4) is 0 Å². The average molecular weight is 256 g/mol. The summed E-state index contributed by atoms with van der Waals surface area (Å²) in [5, 5.41) is 10.4. The van der Waals surface area contributed by atoms with Crippen molar-refractivity contribution >= 4 is 5.97 Å². The van der Waals surface area contributed by atoms with E-state index in [1.807, 2.05) is 6.08 Å². The molecule has 0 amide bonds. The highest BCUT2D eigenvalue weighted by Crippen LogP contribution is 2.51. The number of allylic oxidation sites excluding steroid dienone is 1. The molecule has 3 aliphatic rings. The van der Waals surface area contributed by atoms with Crippen LogP contribution in [0.25, 0.3) is 0 Å². The fourth-order valence-corrected chi connectivity index (χ4v) is 3.19. The normalized spacial score (nSPS) is 49.2. The Morgan fingerprint density at radius 1 is 1.50 bits per heavy atom. The van der Waals surface area contributed by atoms with Crippen LogP contribution in [0.4, 0.5) is 0 Å². The molecule has 6 atom stereocenters. The fourth-order valence-electron chi connectivity index (χ4n) is 3.19. The molecule has 0 aromatic carbocycles. The van der Waals surface area contributed by atoms with Gasteiger partial charge in [-0.3, -0.25) is 4.79 Å². The maximum Gasteiger partial charge on any atom is 0.314 e. The third-order valence-corrected chi connectivity index (χ3v) is 4.05. The van der Waals surface area contributed by atoms with Gasteiger partial charge in [-0.2, -0.15) is 0 Å². The molecule has 18 heavy (non-hydrogen) atoms. The van der Waals surface area contributed by atoms with Crippen molar-refractivity contribution in [2.45, 2.75) is 18.2 Å². The van der Waals surface area contributed by atoms with Crippen LogP contribution in [0.3, 0.4) is 0 Å². The first-order valence-electron chi connectivity index (χ1n) is 5.90. The smallest absolute Gasteiger partial charge is 0.314 e. The predicted molar refractivity (Wildman–Crippen MR) is 58.2 cm³/mol. The molecular weight excluding hydrogens is 240 g/mol. The van der Waals surface area contributed by atoms with Gasteiger partial charge in [0, 0.05) is 13.0 Å². The summed E-state index contributed by atoms with van der Waals surface area (Å²) in [6.07, 6.45) is 2.28. The van der Waals surface area contributed by atoms with Gasteiger partial charge in [0.2, 0.25) is 0 Å². The topological polar surface area (TPSA) is 74.2 Å². The van der Waals surface area contributed by atoms with Crippen molar-refractivity contribution < 1.29 is 28.8 Å². The van der Waals surface area contributed by atoms with Gasteiger partial charge in [-0.25, -0.2) is 0 Å². The van der Waals surface area contributed by atoms with E-state index in [0.29, 0.717) is 0 Å². The number of rotatable bonds is 2. The van der Waals surface area contributed by atoms with Gasteiger partial charge in [-0.05, 0) is 0 Å². The van der Waals surface area contributed by atoms with E-state index in [0.717, 1.165) is 0 Å². The van der Waals surface area contributed by atoms with Gasteiger partial charge in [0.1, 0.15) is 11.5 Å². The molecule has 2 aliphatic heterocycles. The Morgan fingerprint density at radius 2 is 2.28 bits per heavy atom. The molecule has 0 aromatic rings. The maximum absolute atomic E-state index is 11.9. The van der Waals surface area contributed by atoms with E-state index in [2.05, 4.69) is 0 Å². The number of carbonyl (C=O) groups is 1. The monoisotopic (exact) mass is 256 g/mol. The zero-order valence-electron chi connectivity index (χ0n) is 10.2. The highest BCUT2D eigenvalue weighted by molar-refractivity contribution is 5.74. The van der Waals surface area contributed by atoms with E-state index >= 15 is 0 Å². The quantitative estimate of drug-likeness (QED) is 0.538. The molecule has 0 saturated carbocycles. The van der Waals surface area contributed by atoms with Gasteiger partial charge >= 0.3 is 5.97 Å². The van der Waals surface area contributed by atoms with Crippen molar-refractivity contribution in [2.24, 2.45) is 17.8 Å². The average Bonchev–Trinajstić information content (AvgIpc) is 2.89. The Bertz CT molecular complexity index is 394. The van der Waals surface area contributed by atoms with Crippen LogP contribution in [0.2, 0.25) is 0 Å². The van der Waals surface area contributed by atoms with Crippen molar-refractivity contribution in [1.82, 2.24) is 0 Å². The summed E-state index contributed by atoms with van der Waals surface area (Å²) in [6.45, 7) is 0.180. The second-order valence-corrected chi connectivity index (χ2v) is 4.92. The minimum Gasteiger partial charge on any atom is -0.469 e. The zero-order chi connectivity index (χ0) is 12.9. The molecule has 0 spiro atoms. The third kappa shape index (κ3) is 1.46. The second kappa shape index (κ2) is 4.03. The van der Waals surface area contributed by atoms with Crippen molar-refractivity contribution in [3.05, 3.63) is 12.2 Å². The van der Waals surface area contributed by atoms with E-state index < -0.39 is 30.1 Å². The van der Waals surface area contributed by atoms with Crippen molar-refractivity contribution in [3.63, 3.8) is 0 Å². The summed E-state index contributed by atoms with van der Waals surface area (Å²) >= 11 is 0. The van der Waals surface area contributed by atoms with Gasteiger partial charge in [-0.1, -0.05) is 12.2 Å². The Balaban J connectivity index is 1.95. The van der Waals surface area contributed by atoms with Crippen LogP contribution in [0.1, 0.15) is 0 Å². The zero-order valence-corrected chi connectivity index (χ0v) is 10.2. The first-order valence-corrected chi connectivity index (χ1v) is 5.90. The number of esters is 1. The number of carbonyl (C=O) groups excluding carboxylic acids is 1. The summed E-state index contributed by atoms with van der Waals surface area (Å²) in [5.41, 5.74) is -1.04. The summed E-state index contributed by atoms with van der Waals surface area (Å²) in [7, 11) is 2.80. The Kier molecular flexibility index (Phi) is 2.71. The fraction of sp³-hybridized carbons (Fsp3) is 0.750. The number of methoxy groups -OCH3 is 2. The standard InChI is InChI=1S/C12H16O6/c1-15-9(13)7-6-3-4-12(14)5-17-11(8(6)12)18-10(7)16-2/h3-4,6-8,10-11,14H,5H2,1-2H3/t6-,7-,8-,10-,11+,12-/m0/s1. The Morgan fingerprint density at radius 3 is 2.94 bits per heavy atom. The lowest BCUT2D eigenvalue weighted by Gasteiger charge is -2.40. The molecule has 0 radical (unpaired) electrons. The largest absolute Gasteiger partial charge is 0.469 e. The summed E-state index contributed by atoms with van der Waals surface area (Å²) in [6, 6.07) is 0. The third-order valence-electron chi connectivity index (χ3n) is 4.05. The van der Waals surface area contributed by atoms with E-state index in [1.54, 1.807) is 6.08 Å². The van der Waals surface area contributed by atoms with E-state index in [1.165, 1.54) is 14.2 Å². The van der Waals surface area contributed by atoms with E-state index in [9.17, 15) is 9.90 Å². The molecule has 6 heteroatoms. The van der Waals surface area contributed by atoms with Crippen LogP contribution in [0.5, 0.6) is 0 Å². The second-order valence-electron chi connectivity index (χ2n) is 4.92. The molecule has 2 saturated heterocycles. The SMILES string of the molecule is COC(=O)[C@H]1[C@@H](OC)O[C@H]2OC[C@@]3(O)C=C[C@@H]1[C@@H]23. The summed E-state index contributed by atoms with van der Waals surface area (Å²) in [4.78, 5) is 11.9. The molecule has 3 rings (SSSR count). The number of hydrogen-bond acceptors (Lipinski definition) is 6. The van der Waals surface area contributed by atoms with Gasteiger partial charge in [0.05, 0.1) is 19.6 Å². The van der Waals surface area contributed by atoms with Crippen LogP contribution in [0, 0.1) is 17.8 Å². The van der Waals surface area contributed by atoms with Gasteiger partial charge in [-0.15, -0.1) is 0 Å². The van der Waals surface area contributed by atoms with E-state index in [-0.39, 0.29) is 18.4 Å². The minimum absolute atomic E-state index is 0.180. The van der Waals surface area contributed by atoms with Gasteiger partial charge < -0.3 is 24.1 Å². The number of hydrogen-bond donors (Lipinski definition) is 1. The van der Waals surface area contributed by atoms with Crippen LogP contribution in [0.15, 0.2) is 12.2 Å². The summed E-state index contributed by atoms with van der Waals surface area (Å²) < 4.78 is 21.0. The van der Waals surface area contributed by atoms with Crippen molar-refractivity contribution in [2.75, 3.05) is 20.8 Å². The molecule has 100 valence electrons. The summed E-state index contributed by atoms with van der Waals surface area (Å²) in [5.74, 6) is -1.43. The number of ether oxygens (including phenoxy) is 4. The van der Waals surface area contributed by atoms with Gasteiger partial charge in [0.25, 0.3) is 0 Å². The lowest BCUT2D eigenvalue weighted by Crippen LogP contribution is -2.52. The van der Waals surface area contributed by atoms with Crippen LogP contribution in [-0.4, -0.2) is 50.1 Å². The molecule has 1 N–H and O–H groups in total. The molecule has 6 nitrogen and oxygen atoms in total. The minimum atomic E-state index is -1.04. The molecule has 0 aromatic heterocycles. The Hall–Kier alpha value is -0.950. The molecule has 2 heterocycles. The van der Waals surface area contributed by atoms with Crippen molar-refractivity contribution in [1.29, 1.82) is 0 Å². The molecule has 1 aliphatic carbocycles. The van der Waals surface area contributed by atoms with Crippen LogP contribution >= 0.6 is 0 Å². The Labute approximate surface area is 104 Å². The first-order chi connectivity index (χ1) is 8.60. The van der Waals surface area contributed by atoms with Gasteiger partial charge in [0.15, 0.2) is 12.6 Å². The van der Waals surface area contributed by atoms with Crippen LogP contribution < -0.4 is 0 Å². The maximum atomic E-state index is 11.9. The number of aliphatic hydroxyl groups is 1. The van der Waals surface area contributed by atoms with Crippen LogP contribution in [-0.2, 0) is 23.7 Å². The van der Waals surface area contributed by atoms with E-state index in [4.69, 9.17) is 18.9 Å². The highest BCUT2D eigenvalue weighted by Gasteiger charge is 2.62. The lowest BCUT2D eigenvalue weighted by atomic mass is 9.77. The highest BCUT2D eigenvalue weighted by atomic mass is 16.8. The predicted octanol–water partition coefficient (Wildman–Crippen LogP) is -0.332. The molecule has 0 unspecified atom stereocenters. The molecule has 0 bridgehead atoms. The first kappa shape index (κ1) is 12.1. The molecule has 2 fully saturated rings.